The average molecular weight is 184 g/mol. The molecule has 0 saturated carbocycles. The first kappa shape index (κ1) is 9.01. The molecule has 0 aliphatic rings. The Bertz CT molecular complexity index is 184. The third kappa shape index (κ3) is 3.73. The molecule has 0 spiro atoms. The van der Waals surface area contributed by atoms with E-state index in [9.17, 15) is 0 Å². The Balaban J connectivity index is 2.28. The van der Waals surface area contributed by atoms with Crippen molar-refractivity contribution >= 4 is 22.5 Å². The topological polar surface area (TPSA) is 0 Å². The molecule has 0 aliphatic heterocycles. The van der Waals surface area contributed by atoms with Gasteiger partial charge in [0.2, 0.25) is 0 Å². The van der Waals surface area contributed by atoms with Crippen molar-refractivity contribution in [3.63, 3.8) is 0 Å². The van der Waals surface area contributed by atoms with E-state index in [1.807, 2.05) is 0 Å². The molecule has 0 saturated heterocycles. The maximum Gasteiger partial charge on any atom is 0.00376 e. The van der Waals surface area contributed by atoms with Crippen LogP contribution in [0.1, 0.15) is 12.0 Å². The summed E-state index contributed by atoms with van der Waals surface area (Å²) in [5.74, 6) is 1.14. The first-order valence-electron chi connectivity index (χ1n) is 3.74. The standard InChI is InChI=1S/C9H12S2/c10-11-8-4-7-9-5-2-1-3-6-9/h1-3,5-6,10H,4,7-8H2. The fraction of sp³-hybridized carbons (Fsp3) is 0.333. The summed E-state index contributed by atoms with van der Waals surface area (Å²) in [4.78, 5) is 0. The van der Waals surface area contributed by atoms with E-state index in [0.29, 0.717) is 0 Å². The lowest BCUT2D eigenvalue weighted by molar-refractivity contribution is 0.936. The smallest absolute Gasteiger partial charge is 0.00376 e. The van der Waals surface area contributed by atoms with Crippen LogP contribution >= 0.6 is 22.5 Å². The zero-order valence-corrected chi connectivity index (χ0v) is 8.07. The molecule has 60 valence electrons. The van der Waals surface area contributed by atoms with E-state index in [0.717, 1.165) is 5.75 Å². The van der Waals surface area contributed by atoms with Gasteiger partial charge in [-0.1, -0.05) is 41.1 Å². The summed E-state index contributed by atoms with van der Waals surface area (Å²) in [5.41, 5.74) is 1.43. The lowest BCUT2D eigenvalue weighted by Gasteiger charge is -1.97. The SMILES string of the molecule is SSCCCc1ccccc1. The fourth-order valence-corrected chi connectivity index (χ4v) is 1.65. The number of hydrogen-bond acceptors (Lipinski definition) is 2. The van der Waals surface area contributed by atoms with E-state index in [1.54, 1.807) is 10.8 Å². The van der Waals surface area contributed by atoms with Crippen LogP contribution in [0.4, 0.5) is 0 Å². The van der Waals surface area contributed by atoms with Crippen molar-refractivity contribution in [3.05, 3.63) is 35.9 Å². The van der Waals surface area contributed by atoms with Crippen molar-refractivity contribution < 1.29 is 0 Å². The third-order valence-corrected chi connectivity index (χ3v) is 2.56. The Labute approximate surface area is 77.2 Å². The summed E-state index contributed by atoms with van der Waals surface area (Å²) in [6.45, 7) is 0. The molecule has 0 amide bonds. The summed E-state index contributed by atoms with van der Waals surface area (Å²) >= 11 is 4.08. The molecule has 1 aromatic carbocycles. The van der Waals surface area contributed by atoms with Gasteiger partial charge in [-0.15, -0.1) is 11.7 Å². The maximum absolute atomic E-state index is 4.08. The monoisotopic (exact) mass is 184 g/mol. The van der Waals surface area contributed by atoms with Gasteiger partial charge in [0.15, 0.2) is 0 Å². The van der Waals surface area contributed by atoms with Gasteiger partial charge in [-0.05, 0) is 18.4 Å². The minimum Gasteiger partial charge on any atom is -0.111 e. The molecule has 0 bridgehead atoms. The van der Waals surface area contributed by atoms with Gasteiger partial charge in [-0.25, -0.2) is 0 Å². The maximum atomic E-state index is 4.08. The first-order chi connectivity index (χ1) is 5.43. The normalized spacial score (nSPS) is 9.91. The highest BCUT2D eigenvalue weighted by atomic mass is 33.1. The van der Waals surface area contributed by atoms with Gasteiger partial charge in [0.05, 0.1) is 0 Å². The molecule has 0 heterocycles. The number of rotatable bonds is 4. The van der Waals surface area contributed by atoms with Crippen LogP contribution in [0, 0.1) is 0 Å². The molecule has 0 N–H and O–H groups in total. The van der Waals surface area contributed by atoms with Crippen LogP contribution in [0.25, 0.3) is 0 Å². The predicted octanol–water partition coefficient (Wildman–Crippen LogP) is 3.20. The lowest BCUT2D eigenvalue weighted by atomic mass is 10.1. The van der Waals surface area contributed by atoms with Gasteiger partial charge in [-0.3, -0.25) is 0 Å². The molecule has 11 heavy (non-hydrogen) atoms. The summed E-state index contributed by atoms with van der Waals surface area (Å²) in [5, 5.41) is 0. The van der Waals surface area contributed by atoms with Gasteiger partial charge in [0, 0.05) is 5.75 Å². The number of aryl methyl sites for hydroxylation is 1. The molecule has 0 unspecified atom stereocenters. The highest BCUT2D eigenvalue weighted by Gasteiger charge is 1.89. The quantitative estimate of drug-likeness (QED) is 0.426. The van der Waals surface area contributed by atoms with E-state index in [4.69, 9.17) is 0 Å². The largest absolute Gasteiger partial charge is 0.111 e. The van der Waals surface area contributed by atoms with Gasteiger partial charge in [-0.2, -0.15) is 0 Å². The summed E-state index contributed by atoms with van der Waals surface area (Å²) in [6.07, 6.45) is 2.40. The van der Waals surface area contributed by atoms with Crippen molar-refractivity contribution in [2.45, 2.75) is 12.8 Å². The van der Waals surface area contributed by atoms with Gasteiger partial charge < -0.3 is 0 Å². The van der Waals surface area contributed by atoms with Crippen LogP contribution in [0.15, 0.2) is 30.3 Å². The molecule has 0 radical (unpaired) electrons. The van der Waals surface area contributed by atoms with Crippen LogP contribution < -0.4 is 0 Å². The molecular weight excluding hydrogens is 172 g/mol. The highest BCUT2D eigenvalue weighted by Crippen LogP contribution is 2.09. The van der Waals surface area contributed by atoms with Crippen molar-refractivity contribution in [3.8, 4) is 0 Å². The van der Waals surface area contributed by atoms with E-state index in [-0.39, 0.29) is 0 Å². The predicted molar refractivity (Wildman–Crippen MR) is 56.2 cm³/mol. The second kappa shape index (κ2) is 5.56. The summed E-state index contributed by atoms with van der Waals surface area (Å²) < 4.78 is 0. The molecule has 0 atom stereocenters. The van der Waals surface area contributed by atoms with Crippen molar-refractivity contribution in [2.75, 3.05) is 5.75 Å². The molecule has 0 aliphatic carbocycles. The second-order valence-electron chi connectivity index (χ2n) is 2.42. The van der Waals surface area contributed by atoms with E-state index >= 15 is 0 Å². The molecule has 2 heteroatoms. The zero-order valence-electron chi connectivity index (χ0n) is 6.36. The van der Waals surface area contributed by atoms with E-state index in [1.165, 1.54) is 18.4 Å². The van der Waals surface area contributed by atoms with E-state index in [2.05, 4.69) is 42.0 Å². The molecule has 0 fully saturated rings. The lowest BCUT2D eigenvalue weighted by Crippen LogP contribution is -1.85. The third-order valence-electron chi connectivity index (χ3n) is 1.54. The van der Waals surface area contributed by atoms with Crippen LogP contribution in [0.2, 0.25) is 0 Å². The van der Waals surface area contributed by atoms with Gasteiger partial charge in [0.25, 0.3) is 0 Å². The number of hydrogen-bond donors (Lipinski definition) is 1. The summed E-state index contributed by atoms with van der Waals surface area (Å²) in [7, 11) is 1.62. The fourth-order valence-electron chi connectivity index (χ4n) is 0.986. The van der Waals surface area contributed by atoms with Crippen molar-refractivity contribution in [2.24, 2.45) is 0 Å². The first-order valence-corrected chi connectivity index (χ1v) is 5.77. The Morgan fingerprint density at radius 1 is 1.18 bits per heavy atom. The second-order valence-corrected chi connectivity index (χ2v) is 3.86. The minimum absolute atomic E-state index is 1.14. The van der Waals surface area contributed by atoms with Gasteiger partial charge in [0.1, 0.15) is 0 Å². The zero-order chi connectivity index (χ0) is 7.94. The van der Waals surface area contributed by atoms with Crippen LogP contribution in [0.5, 0.6) is 0 Å². The van der Waals surface area contributed by atoms with Gasteiger partial charge >= 0.3 is 0 Å². The Morgan fingerprint density at radius 2 is 1.91 bits per heavy atom. The van der Waals surface area contributed by atoms with Crippen LogP contribution in [-0.2, 0) is 6.42 Å². The summed E-state index contributed by atoms with van der Waals surface area (Å²) in [6, 6.07) is 10.6. The molecule has 1 rings (SSSR count). The number of thiol groups is 1. The van der Waals surface area contributed by atoms with Crippen molar-refractivity contribution in [1.29, 1.82) is 0 Å². The average Bonchev–Trinajstić information content (AvgIpc) is 2.07. The van der Waals surface area contributed by atoms with Crippen LogP contribution in [0.3, 0.4) is 0 Å². The highest BCUT2D eigenvalue weighted by molar-refractivity contribution is 8.68. The Kier molecular flexibility index (Phi) is 4.55. The van der Waals surface area contributed by atoms with Crippen molar-refractivity contribution in [1.82, 2.24) is 0 Å². The van der Waals surface area contributed by atoms with E-state index < -0.39 is 0 Å². The molecule has 0 aromatic heterocycles. The van der Waals surface area contributed by atoms with Crippen LogP contribution in [-0.4, -0.2) is 5.75 Å². The Morgan fingerprint density at radius 3 is 2.55 bits per heavy atom. The molecule has 0 nitrogen and oxygen atoms in total. The molecular formula is C9H12S2. The Hall–Kier alpha value is -0.0800. The minimum atomic E-state index is 1.14. The number of benzene rings is 1. The molecule has 1 aromatic rings.